The first-order valence-electron chi connectivity index (χ1n) is 9.23. The maximum atomic E-state index is 12.4. The van der Waals surface area contributed by atoms with Crippen LogP contribution in [0.3, 0.4) is 0 Å². The third-order valence-corrected chi connectivity index (χ3v) is 3.89. The number of carbonyl (C=O) groups excluding carboxylic acids is 3. The lowest BCUT2D eigenvalue weighted by molar-refractivity contribution is -0.384. The normalized spacial score (nSPS) is 10.1. The minimum atomic E-state index is -0.974. The van der Waals surface area contributed by atoms with Crippen molar-refractivity contribution in [2.24, 2.45) is 0 Å². The van der Waals surface area contributed by atoms with Crippen LogP contribution in [0.15, 0.2) is 42.5 Å². The largest absolute Gasteiger partial charge is 0.462 e. The molecule has 0 saturated carbocycles. The molecule has 11 heteroatoms. The van der Waals surface area contributed by atoms with Gasteiger partial charge < -0.3 is 25.2 Å². The first kappa shape index (κ1) is 23.3. The van der Waals surface area contributed by atoms with E-state index in [1.807, 2.05) is 0 Å². The van der Waals surface area contributed by atoms with Gasteiger partial charge in [-0.2, -0.15) is 0 Å². The zero-order valence-electron chi connectivity index (χ0n) is 16.6. The highest BCUT2D eigenvalue weighted by Crippen LogP contribution is 2.23. The monoisotopic (exact) mass is 431 g/mol. The Bertz CT molecular complexity index is 977. The van der Waals surface area contributed by atoms with E-state index in [2.05, 4.69) is 10.6 Å². The molecule has 164 valence electrons. The molecule has 2 aromatic carbocycles. The quantitative estimate of drug-likeness (QED) is 0.290. The van der Waals surface area contributed by atoms with Gasteiger partial charge in [-0.3, -0.25) is 14.9 Å². The number of ether oxygens (including phenoxy) is 2. The van der Waals surface area contributed by atoms with Crippen LogP contribution >= 0.6 is 0 Å². The summed E-state index contributed by atoms with van der Waals surface area (Å²) in [5, 5.41) is 25.1. The van der Waals surface area contributed by atoms with Gasteiger partial charge in [-0.1, -0.05) is 12.1 Å². The van der Waals surface area contributed by atoms with Crippen molar-refractivity contribution in [3.8, 4) is 0 Å². The number of benzene rings is 2. The van der Waals surface area contributed by atoms with Gasteiger partial charge in [-0.15, -0.1) is 0 Å². The average molecular weight is 431 g/mol. The van der Waals surface area contributed by atoms with Crippen molar-refractivity contribution in [3.63, 3.8) is 0 Å². The molecule has 0 saturated heterocycles. The number of hydrogen-bond donors (Lipinski definition) is 3. The molecule has 0 unspecified atom stereocenters. The summed E-state index contributed by atoms with van der Waals surface area (Å²) in [5.74, 6) is -2.31. The topological polar surface area (TPSA) is 157 Å². The predicted octanol–water partition coefficient (Wildman–Crippen LogP) is 1.97. The fraction of sp³-hybridized carbons (Fsp3) is 0.250. The average Bonchev–Trinajstić information content (AvgIpc) is 2.76. The van der Waals surface area contributed by atoms with E-state index in [1.165, 1.54) is 24.3 Å². The van der Waals surface area contributed by atoms with Gasteiger partial charge in [-0.05, 0) is 25.1 Å². The molecule has 0 aliphatic rings. The Morgan fingerprint density at radius 1 is 1.03 bits per heavy atom. The van der Waals surface area contributed by atoms with Crippen molar-refractivity contribution in [2.75, 3.05) is 37.0 Å². The third kappa shape index (κ3) is 6.51. The minimum Gasteiger partial charge on any atom is -0.462 e. The fourth-order valence-electron chi connectivity index (χ4n) is 2.53. The van der Waals surface area contributed by atoms with Gasteiger partial charge in [0, 0.05) is 24.4 Å². The molecule has 11 nitrogen and oxygen atoms in total. The maximum absolute atomic E-state index is 12.4. The standard InChI is InChI=1S/C20H21N3O8/c1-2-30-19(26)14-5-3-4-6-17(14)22-18(25)12-31-20(27)15-11-13(23(28)29)7-8-16(15)21-9-10-24/h3-8,11,21,24H,2,9-10,12H2,1H3,(H,22,25). The summed E-state index contributed by atoms with van der Waals surface area (Å²) in [5.41, 5.74) is 0.0234. The van der Waals surface area contributed by atoms with Gasteiger partial charge in [0.15, 0.2) is 6.61 Å². The van der Waals surface area contributed by atoms with Gasteiger partial charge in [0.1, 0.15) is 0 Å². The van der Waals surface area contributed by atoms with Gasteiger partial charge in [0.25, 0.3) is 11.6 Å². The van der Waals surface area contributed by atoms with Crippen LogP contribution in [0.1, 0.15) is 27.6 Å². The van der Waals surface area contributed by atoms with Crippen LogP contribution in [0.4, 0.5) is 17.1 Å². The molecule has 31 heavy (non-hydrogen) atoms. The smallest absolute Gasteiger partial charge is 0.341 e. The number of esters is 2. The summed E-state index contributed by atoms with van der Waals surface area (Å²) >= 11 is 0. The number of hydrogen-bond acceptors (Lipinski definition) is 9. The SMILES string of the molecule is CCOC(=O)c1ccccc1NC(=O)COC(=O)c1cc([N+](=O)[O-])ccc1NCCO. The molecule has 3 N–H and O–H groups in total. The maximum Gasteiger partial charge on any atom is 0.341 e. The molecule has 0 aliphatic heterocycles. The van der Waals surface area contributed by atoms with Crippen molar-refractivity contribution in [3.05, 3.63) is 63.7 Å². The molecule has 0 fully saturated rings. The molecular formula is C20H21N3O8. The summed E-state index contributed by atoms with van der Waals surface area (Å²) in [6.45, 7) is 0.986. The van der Waals surface area contributed by atoms with Crippen LogP contribution < -0.4 is 10.6 Å². The van der Waals surface area contributed by atoms with E-state index in [9.17, 15) is 24.5 Å². The lowest BCUT2D eigenvalue weighted by Crippen LogP contribution is -2.23. The molecule has 0 aromatic heterocycles. The Morgan fingerprint density at radius 2 is 1.74 bits per heavy atom. The van der Waals surface area contributed by atoms with E-state index in [0.717, 1.165) is 6.07 Å². The molecular weight excluding hydrogens is 410 g/mol. The molecule has 2 rings (SSSR count). The van der Waals surface area contributed by atoms with E-state index in [1.54, 1.807) is 19.1 Å². The summed E-state index contributed by atoms with van der Waals surface area (Å²) in [4.78, 5) is 46.9. The highest BCUT2D eigenvalue weighted by molar-refractivity contribution is 6.03. The number of carbonyl (C=O) groups is 3. The minimum absolute atomic E-state index is 0.100. The molecule has 0 bridgehead atoms. The first-order chi connectivity index (χ1) is 14.9. The fourth-order valence-corrected chi connectivity index (χ4v) is 2.53. The third-order valence-electron chi connectivity index (χ3n) is 3.89. The number of nitrogens with one attached hydrogen (secondary N) is 2. The van der Waals surface area contributed by atoms with E-state index in [-0.39, 0.29) is 47.9 Å². The Labute approximate surface area is 177 Å². The molecule has 2 aromatic rings. The van der Waals surface area contributed by atoms with Crippen LogP contribution in [0.2, 0.25) is 0 Å². The van der Waals surface area contributed by atoms with E-state index >= 15 is 0 Å². The number of rotatable bonds is 10. The molecule has 0 radical (unpaired) electrons. The second-order valence-electron chi connectivity index (χ2n) is 6.03. The predicted molar refractivity (Wildman–Crippen MR) is 110 cm³/mol. The van der Waals surface area contributed by atoms with Gasteiger partial charge in [0.05, 0.1) is 35.0 Å². The second kappa shape index (κ2) is 11.3. The molecule has 0 heterocycles. The van der Waals surface area contributed by atoms with Crippen LogP contribution in [0.25, 0.3) is 0 Å². The molecule has 0 aliphatic carbocycles. The lowest BCUT2D eigenvalue weighted by atomic mass is 10.1. The second-order valence-corrected chi connectivity index (χ2v) is 6.03. The van der Waals surface area contributed by atoms with Crippen LogP contribution in [-0.4, -0.2) is 54.2 Å². The highest BCUT2D eigenvalue weighted by atomic mass is 16.6. The van der Waals surface area contributed by atoms with Crippen molar-refractivity contribution < 1.29 is 33.9 Å². The Morgan fingerprint density at radius 3 is 2.42 bits per heavy atom. The number of nitro groups is 1. The summed E-state index contributed by atoms with van der Waals surface area (Å²) in [6, 6.07) is 9.68. The number of aliphatic hydroxyl groups is 1. The van der Waals surface area contributed by atoms with Crippen molar-refractivity contribution in [1.82, 2.24) is 0 Å². The van der Waals surface area contributed by atoms with E-state index in [4.69, 9.17) is 14.6 Å². The Hall–Kier alpha value is -3.99. The number of non-ortho nitro benzene ring substituents is 1. The van der Waals surface area contributed by atoms with Gasteiger partial charge in [0.2, 0.25) is 0 Å². The van der Waals surface area contributed by atoms with Crippen LogP contribution in [0.5, 0.6) is 0 Å². The van der Waals surface area contributed by atoms with Gasteiger partial charge >= 0.3 is 11.9 Å². The summed E-state index contributed by atoms with van der Waals surface area (Å²) in [6.07, 6.45) is 0. The number of anilines is 2. The first-order valence-corrected chi connectivity index (χ1v) is 9.23. The number of amides is 1. The molecule has 0 atom stereocenters. The van der Waals surface area contributed by atoms with Crippen LogP contribution in [-0.2, 0) is 14.3 Å². The van der Waals surface area contributed by atoms with Crippen molar-refractivity contribution >= 4 is 34.9 Å². The Kier molecular flexibility index (Phi) is 8.46. The Balaban J connectivity index is 2.09. The summed E-state index contributed by atoms with van der Waals surface area (Å²) in [7, 11) is 0. The van der Waals surface area contributed by atoms with E-state index < -0.39 is 29.4 Å². The number of aliphatic hydroxyl groups excluding tert-OH is 1. The number of nitro benzene ring substituents is 1. The van der Waals surface area contributed by atoms with E-state index in [0.29, 0.717) is 0 Å². The lowest BCUT2D eigenvalue weighted by Gasteiger charge is -2.12. The molecule has 1 amide bonds. The number of nitrogens with zero attached hydrogens (tertiary/aromatic N) is 1. The molecule has 0 spiro atoms. The highest BCUT2D eigenvalue weighted by Gasteiger charge is 2.20. The zero-order chi connectivity index (χ0) is 22.8. The zero-order valence-corrected chi connectivity index (χ0v) is 16.6. The van der Waals surface area contributed by atoms with Crippen molar-refractivity contribution in [2.45, 2.75) is 6.92 Å². The van der Waals surface area contributed by atoms with Crippen molar-refractivity contribution in [1.29, 1.82) is 0 Å². The summed E-state index contributed by atoms with van der Waals surface area (Å²) < 4.78 is 9.90. The van der Waals surface area contributed by atoms with Crippen LogP contribution in [0, 0.1) is 10.1 Å². The van der Waals surface area contributed by atoms with Gasteiger partial charge in [-0.25, -0.2) is 9.59 Å². The number of para-hydroxylation sites is 1.